The standard InChI is InChI=1S/C23H18N2O3S2/c1-30(27,28)20-9-7-18(8-10-20)16-25-13-11-22-21(23(25)26)14-19(29-22)6-2-4-17-5-3-12-24-15-17/h3,5,7-15H,4,16H2,1H3. The van der Waals surface area contributed by atoms with Crippen molar-refractivity contribution in [3.05, 3.63) is 93.5 Å². The third kappa shape index (κ3) is 4.51. The number of fused-ring (bicyclic) bond motifs is 1. The second-order valence-corrected chi connectivity index (χ2v) is 9.99. The second kappa shape index (κ2) is 8.27. The Balaban J connectivity index is 1.56. The number of benzene rings is 1. The van der Waals surface area contributed by atoms with E-state index in [9.17, 15) is 13.2 Å². The molecule has 0 spiro atoms. The summed E-state index contributed by atoms with van der Waals surface area (Å²) in [5.41, 5.74) is 1.82. The van der Waals surface area contributed by atoms with E-state index in [-0.39, 0.29) is 10.5 Å². The van der Waals surface area contributed by atoms with Gasteiger partial charge in [-0.25, -0.2) is 8.42 Å². The molecular formula is C23H18N2O3S2. The molecule has 1 aromatic carbocycles. The molecule has 0 radical (unpaired) electrons. The summed E-state index contributed by atoms with van der Waals surface area (Å²) in [5, 5.41) is 0.640. The van der Waals surface area contributed by atoms with Crippen LogP contribution in [0.25, 0.3) is 10.1 Å². The Labute approximate surface area is 178 Å². The fourth-order valence-corrected chi connectivity index (χ4v) is 4.59. The molecule has 7 heteroatoms. The zero-order valence-electron chi connectivity index (χ0n) is 16.2. The number of hydrogen-bond acceptors (Lipinski definition) is 5. The van der Waals surface area contributed by atoms with Crippen molar-refractivity contribution in [3.63, 3.8) is 0 Å². The van der Waals surface area contributed by atoms with E-state index in [1.807, 2.05) is 24.3 Å². The second-order valence-electron chi connectivity index (χ2n) is 6.89. The van der Waals surface area contributed by atoms with Crippen molar-refractivity contribution in [1.29, 1.82) is 0 Å². The summed E-state index contributed by atoms with van der Waals surface area (Å²) in [7, 11) is -3.24. The van der Waals surface area contributed by atoms with Crippen LogP contribution in [0, 0.1) is 11.8 Å². The SMILES string of the molecule is CS(=O)(=O)c1ccc(Cn2ccc3sc(C#CCc4cccnc4)cc3c2=O)cc1. The molecule has 4 aromatic rings. The van der Waals surface area contributed by atoms with Gasteiger partial charge in [-0.3, -0.25) is 9.78 Å². The maximum atomic E-state index is 12.9. The molecule has 0 amide bonds. The van der Waals surface area contributed by atoms with Gasteiger partial charge in [0.05, 0.1) is 21.7 Å². The number of hydrogen-bond donors (Lipinski definition) is 0. The molecule has 0 unspecified atom stereocenters. The predicted molar refractivity (Wildman–Crippen MR) is 120 cm³/mol. The molecule has 3 aromatic heterocycles. The van der Waals surface area contributed by atoms with Crippen molar-refractivity contribution >= 4 is 31.3 Å². The van der Waals surface area contributed by atoms with Gasteiger partial charge in [0, 0.05) is 36.0 Å². The zero-order valence-corrected chi connectivity index (χ0v) is 17.8. The van der Waals surface area contributed by atoms with Crippen LogP contribution < -0.4 is 5.56 Å². The molecule has 0 saturated carbocycles. The normalized spacial score (nSPS) is 11.2. The molecule has 0 atom stereocenters. The molecule has 0 aliphatic carbocycles. The van der Waals surface area contributed by atoms with Gasteiger partial charge < -0.3 is 4.57 Å². The molecule has 0 fully saturated rings. The van der Waals surface area contributed by atoms with Gasteiger partial charge in [-0.15, -0.1) is 11.3 Å². The van der Waals surface area contributed by atoms with E-state index in [1.165, 1.54) is 17.6 Å². The number of sulfone groups is 1. The van der Waals surface area contributed by atoms with Crippen molar-refractivity contribution in [3.8, 4) is 11.8 Å². The van der Waals surface area contributed by atoms with Crippen LogP contribution in [0.4, 0.5) is 0 Å². The maximum Gasteiger partial charge on any atom is 0.259 e. The maximum absolute atomic E-state index is 12.9. The number of nitrogens with zero attached hydrogens (tertiary/aromatic N) is 2. The van der Waals surface area contributed by atoms with Crippen molar-refractivity contribution in [2.75, 3.05) is 6.26 Å². The highest BCUT2D eigenvalue weighted by Crippen LogP contribution is 2.22. The Hall–Kier alpha value is -3.21. The highest BCUT2D eigenvalue weighted by atomic mass is 32.2. The van der Waals surface area contributed by atoms with Crippen LogP contribution in [0.5, 0.6) is 0 Å². The van der Waals surface area contributed by atoms with Crippen LogP contribution in [0.1, 0.15) is 16.0 Å². The average molecular weight is 435 g/mol. The molecule has 0 saturated heterocycles. The summed E-state index contributed by atoms with van der Waals surface area (Å²) in [6.45, 7) is 0.372. The molecule has 3 heterocycles. The topological polar surface area (TPSA) is 69.0 Å². The lowest BCUT2D eigenvalue weighted by atomic mass is 10.2. The van der Waals surface area contributed by atoms with E-state index < -0.39 is 9.84 Å². The van der Waals surface area contributed by atoms with E-state index >= 15 is 0 Å². The minimum absolute atomic E-state index is 0.0868. The van der Waals surface area contributed by atoms with Crippen LogP contribution in [0.15, 0.2) is 76.8 Å². The quantitative estimate of drug-likeness (QED) is 0.461. The summed E-state index contributed by atoms with van der Waals surface area (Å²) in [4.78, 5) is 18.1. The lowest BCUT2D eigenvalue weighted by Crippen LogP contribution is -2.19. The number of pyridine rings is 2. The van der Waals surface area contributed by atoms with Crippen molar-refractivity contribution in [1.82, 2.24) is 9.55 Å². The molecule has 30 heavy (non-hydrogen) atoms. The fourth-order valence-electron chi connectivity index (χ4n) is 3.04. The molecule has 0 aliphatic heterocycles. The van der Waals surface area contributed by atoms with Crippen LogP contribution in [-0.4, -0.2) is 24.2 Å². The minimum Gasteiger partial charge on any atom is -0.311 e. The number of aromatic nitrogens is 2. The summed E-state index contributed by atoms with van der Waals surface area (Å²) in [5.74, 6) is 6.27. The van der Waals surface area contributed by atoms with Crippen molar-refractivity contribution in [2.24, 2.45) is 0 Å². The van der Waals surface area contributed by atoms with E-state index in [0.29, 0.717) is 18.4 Å². The fraction of sp³-hybridized carbons (Fsp3) is 0.130. The van der Waals surface area contributed by atoms with Crippen molar-refractivity contribution in [2.45, 2.75) is 17.9 Å². The third-order valence-corrected chi connectivity index (χ3v) is 6.73. The summed E-state index contributed by atoms with van der Waals surface area (Å²) in [6.07, 6.45) is 7.07. The highest BCUT2D eigenvalue weighted by Gasteiger charge is 2.09. The first-order chi connectivity index (χ1) is 14.4. The third-order valence-electron chi connectivity index (χ3n) is 4.59. The zero-order chi connectivity index (χ0) is 21.1. The Morgan fingerprint density at radius 3 is 2.60 bits per heavy atom. The van der Waals surface area contributed by atoms with E-state index in [0.717, 1.165) is 20.7 Å². The Morgan fingerprint density at radius 2 is 1.90 bits per heavy atom. The molecule has 0 aliphatic rings. The van der Waals surface area contributed by atoms with Crippen LogP contribution in [0.2, 0.25) is 0 Å². The summed E-state index contributed by atoms with van der Waals surface area (Å²) < 4.78 is 25.7. The lowest BCUT2D eigenvalue weighted by molar-refractivity contribution is 0.602. The van der Waals surface area contributed by atoms with Crippen LogP contribution in [0.3, 0.4) is 0 Å². The molecule has 0 N–H and O–H groups in total. The van der Waals surface area contributed by atoms with Gasteiger partial charge in [-0.1, -0.05) is 30.0 Å². The Bertz CT molecular complexity index is 1420. The Kier molecular flexibility index (Phi) is 5.53. The molecule has 5 nitrogen and oxygen atoms in total. The first-order valence-electron chi connectivity index (χ1n) is 9.20. The van der Waals surface area contributed by atoms with E-state index in [2.05, 4.69) is 16.8 Å². The lowest BCUT2D eigenvalue weighted by Gasteiger charge is -2.07. The number of rotatable bonds is 4. The molecule has 4 rings (SSSR count). The van der Waals surface area contributed by atoms with Gasteiger partial charge in [-0.2, -0.15) is 0 Å². The van der Waals surface area contributed by atoms with Gasteiger partial charge in [-0.05, 0) is 41.5 Å². The van der Waals surface area contributed by atoms with E-state index in [4.69, 9.17) is 0 Å². The van der Waals surface area contributed by atoms with Crippen LogP contribution >= 0.6 is 11.3 Å². The van der Waals surface area contributed by atoms with Gasteiger partial charge >= 0.3 is 0 Å². The minimum atomic E-state index is -3.24. The molecular weight excluding hydrogens is 416 g/mol. The highest BCUT2D eigenvalue weighted by molar-refractivity contribution is 7.90. The molecule has 0 bridgehead atoms. The first-order valence-corrected chi connectivity index (χ1v) is 11.9. The van der Waals surface area contributed by atoms with Gasteiger partial charge in [0.15, 0.2) is 9.84 Å². The summed E-state index contributed by atoms with van der Waals surface area (Å²) >= 11 is 1.50. The summed E-state index contributed by atoms with van der Waals surface area (Å²) in [6, 6.07) is 14.2. The van der Waals surface area contributed by atoms with E-state index in [1.54, 1.807) is 47.4 Å². The average Bonchev–Trinajstić information content (AvgIpc) is 3.15. The molecule has 150 valence electrons. The smallest absolute Gasteiger partial charge is 0.259 e. The predicted octanol–water partition coefficient (Wildman–Crippen LogP) is 3.50. The van der Waals surface area contributed by atoms with Crippen LogP contribution in [-0.2, 0) is 22.8 Å². The Morgan fingerprint density at radius 1 is 1.10 bits per heavy atom. The monoisotopic (exact) mass is 434 g/mol. The van der Waals surface area contributed by atoms with Gasteiger partial charge in [0.25, 0.3) is 5.56 Å². The largest absolute Gasteiger partial charge is 0.311 e. The van der Waals surface area contributed by atoms with Crippen molar-refractivity contribution < 1.29 is 8.42 Å². The first kappa shape index (κ1) is 20.1. The van der Waals surface area contributed by atoms with Gasteiger partial charge in [0.2, 0.25) is 0 Å². The van der Waals surface area contributed by atoms with Gasteiger partial charge in [0.1, 0.15) is 0 Å². The number of thiophene rings is 1.